The first kappa shape index (κ1) is 26.6. The Kier molecular flexibility index (Phi) is 9.48. The molecule has 8 heteroatoms. The average Bonchev–Trinajstić information content (AvgIpc) is 3.13. The van der Waals surface area contributed by atoms with E-state index in [1.807, 2.05) is 27.7 Å². The molecule has 30 heavy (non-hydrogen) atoms. The average molecular weight is 431 g/mol. The molecule has 0 radical (unpaired) electrons. The van der Waals surface area contributed by atoms with Crippen LogP contribution in [0.25, 0.3) is 0 Å². The van der Waals surface area contributed by atoms with Gasteiger partial charge < -0.3 is 28.4 Å². The number of hydrogen-bond acceptors (Lipinski definition) is 8. The molecule has 1 fully saturated rings. The van der Waals surface area contributed by atoms with E-state index in [4.69, 9.17) is 28.4 Å². The third-order valence-electron chi connectivity index (χ3n) is 5.63. The first-order valence-electron chi connectivity index (χ1n) is 10.3. The summed E-state index contributed by atoms with van der Waals surface area (Å²) in [6.07, 6.45) is -0.441. The second kappa shape index (κ2) is 10.7. The van der Waals surface area contributed by atoms with Crippen molar-refractivity contribution in [3.8, 4) is 0 Å². The predicted molar refractivity (Wildman–Crippen MR) is 111 cm³/mol. The minimum atomic E-state index is -1.62. The van der Waals surface area contributed by atoms with Gasteiger partial charge in [0.15, 0.2) is 11.7 Å². The van der Waals surface area contributed by atoms with Gasteiger partial charge in [-0.15, -0.1) is 6.58 Å². The normalized spacial score (nSPS) is 20.8. The Labute approximate surface area is 180 Å². The quantitative estimate of drug-likeness (QED) is 0.265. The van der Waals surface area contributed by atoms with Gasteiger partial charge in [0.25, 0.3) is 0 Å². The van der Waals surface area contributed by atoms with E-state index in [2.05, 4.69) is 6.58 Å². The first-order valence-corrected chi connectivity index (χ1v) is 10.3. The number of esters is 2. The fraction of sp³-hybridized carbons (Fsp3) is 0.818. The monoisotopic (exact) mass is 430 g/mol. The Balaban J connectivity index is 3.32. The van der Waals surface area contributed by atoms with E-state index < -0.39 is 47.1 Å². The molecule has 0 spiro atoms. The lowest BCUT2D eigenvalue weighted by molar-refractivity contribution is -0.183. The zero-order valence-electron chi connectivity index (χ0n) is 19.6. The summed E-state index contributed by atoms with van der Waals surface area (Å²) in [5.41, 5.74) is -3.03. The third-order valence-corrected chi connectivity index (χ3v) is 5.63. The molecule has 0 N–H and O–H groups in total. The topological polar surface area (TPSA) is 89.5 Å². The van der Waals surface area contributed by atoms with E-state index in [0.717, 1.165) is 0 Å². The maximum Gasteiger partial charge on any atom is 0.324 e. The van der Waals surface area contributed by atoms with Crippen LogP contribution >= 0.6 is 0 Å². The molecule has 0 unspecified atom stereocenters. The molecule has 0 amide bonds. The fourth-order valence-electron chi connectivity index (χ4n) is 3.46. The molecule has 174 valence electrons. The molecule has 1 saturated heterocycles. The van der Waals surface area contributed by atoms with E-state index in [-0.39, 0.29) is 26.1 Å². The number of carbonyl (C=O) groups is 2. The van der Waals surface area contributed by atoms with Gasteiger partial charge in [0, 0.05) is 20.6 Å². The van der Waals surface area contributed by atoms with E-state index in [1.165, 1.54) is 6.08 Å². The van der Waals surface area contributed by atoms with Gasteiger partial charge in [0.05, 0.1) is 24.4 Å². The molecule has 0 aromatic rings. The summed E-state index contributed by atoms with van der Waals surface area (Å²) in [7, 11) is 3.18. The van der Waals surface area contributed by atoms with E-state index in [1.54, 1.807) is 28.1 Å². The second-order valence-electron chi connectivity index (χ2n) is 8.38. The van der Waals surface area contributed by atoms with Gasteiger partial charge in [-0.25, -0.2) is 0 Å². The van der Waals surface area contributed by atoms with Crippen molar-refractivity contribution in [1.82, 2.24) is 0 Å². The highest BCUT2D eigenvalue weighted by atomic mass is 16.7. The van der Waals surface area contributed by atoms with Crippen molar-refractivity contribution in [2.75, 3.05) is 27.4 Å². The number of allylic oxidation sites excluding steroid dienone is 1. The minimum absolute atomic E-state index is 0.0323. The van der Waals surface area contributed by atoms with Crippen LogP contribution in [-0.4, -0.2) is 69.1 Å². The van der Waals surface area contributed by atoms with Crippen LogP contribution in [0, 0.1) is 5.41 Å². The number of rotatable bonds is 12. The highest BCUT2D eigenvalue weighted by Gasteiger charge is 2.56. The van der Waals surface area contributed by atoms with Crippen molar-refractivity contribution < 1.29 is 38.0 Å². The summed E-state index contributed by atoms with van der Waals surface area (Å²) in [6.45, 7) is 14.9. The summed E-state index contributed by atoms with van der Waals surface area (Å²) in [6, 6.07) is 0. The zero-order valence-corrected chi connectivity index (χ0v) is 19.6. The lowest BCUT2D eigenvalue weighted by atomic mass is 9.80. The Bertz CT molecular complexity index is 556. The number of ether oxygens (including phenoxy) is 6. The molecular formula is C22H38O8. The highest BCUT2D eigenvalue weighted by Crippen LogP contribution is 2.42. The summed E-state index contributed by atoms with van der Waals surface area (Å²) in [5, 5.41) is 0. The van der Waals surface area contributed by atoms with Crippen LogP contribution in [0.5, 0.6) is 0 Å². The minimum Gasteiger partial charge on any atom is -0.465 e. The predicted octanol–water partition coefficient (Wildman–Crippen LogP) is 3.03. The van der Waals surface area contributed by atoms with Gasteiger partial charge >= 0.3 is 11.9 Å². The van der Waals surface area contributed by atoms with E-state index in [0.29, 0.717) is 0 Å². The summed E-state index contributed by atoms with van der Waals surface area (Å²) in [4.78, 5) is 25.8. The van der Waals surface area contributed by atoms with Crippen LogP contribution < -0.4 is 0 Å². The summed E-state index contributed by atoms with van der Waals surface area (Å²) in [5.74, 6) is -1.37. The standard InChI is InChI=1S/C22H38O8/c1-10-13-22(18(23)27-11-2,19(24)28-12-3)14-15-29-16(20(4,5)25-8)17(30-15)21(6,7)26-9/h10,15-17H,1,11-14H2,2-9H3/t16-,17-/m1/s1. The Hall–Kier alpha value is -1.48. The van der Waals surface area contributed by atoms with Gasteiger partial charge in [-0.1, -0.05) is 6.08 Å². The molecule has 2 atom stereocenters. The maximum absolute atomic E-state index is 12.9. The van der Waals surface area contributed by atoms with E-state index >= 15 is 0 Å². The van der Waals surface area contributed by atoms with Crippen molar-refractivity contribution >= 4 is 11.9 Å². The van der Waals surface area contributed by atoms with Crippen LogP contribution in [0.4, 0.5) is 0 Å². The molecule has 0 aliphatic carbocycles. The molecule has 1 aliphatic rings. The molecule has 8 nitrogen and oxygen atoms in total. The maximum atomic E-state index is 12.9. The first-order chi connectivity index (χ1) is 14.0. The van der Waals surface area contributed by atoms with Crippen molar-refractivity contribution in [2.45, 2.75) is 84.1 Å². The van der Waals surface area contributed by atoms with Crippen LogP contribution in [0.15, 0.2) is 12.7 Å². The number of carbonyl (C=O) groups excluding carboxylic acids is 2. The Morgan fingerprint density at radius 2 is 1.30 bits per heavy atom. The number of methoxy groups -OCH3 is 2. The molecule has 0 aromatic heterocycles. The van der Waals surface area contributed by atoms with Crippen molar-refractivity contribution in [3.05, 3.63) is 12.7 Å². The molecule has 0 aromatic carbocycles. The Morgan fingerprint density at radius 1 is 0.900 bits per heavy atom. The molecule has 1 aliphatic heterocycles. The van der Waals surface area contributed by atoms with Crippen molar-refractivity contribution in [1.29, 1.82) is 0 Å². The fourth-order valence-corrected chi connectivity index (χ4v) is 3.46. The van der Waals surface area contributed by atoms with Crippen LogP contribution in [-0.2, 0) is 38.0 Å². The van der Waals surface area contributed by atoms with Crippen LogP contribution in [0.3, 0.4) is 0 Å². The summed E-state index contributed by atoms with van der Waals surface area (Å²) < 4.78 is 34.1. The van der Waals surface area contributed by atoms with Crippen LogP contribution in [0.2, 0.25) is 0 Å². The van der Waals surface area contributed by atoms with Gasteiger partial charge in [0.1, 0.15) is 12.2 Å². The number of hydrogen-bond donors (Lipinski definition) is 0. The Morgan fingerprint density at radius 3 is 1.60 bits per heavy atom. The summed E-state index contributed by atoms with van der Waals surface area (Å²) >= 11 is 0. The highest BCUT2D eigenvalue weighted by molar-refractivity contribution is 6.00. The second-order valence-corrected chi connectivity index (χ2v) is 8.38. The molecule has 0 bridgehead atoms. The molecule has 1 heterocycles. The van der Waals surface area contributed by atoms with Gasteiger partial charge in [0.2, 0.25) is 0 Å². The molecule has 0 saturated carbocycles. The zero-order chi connectivity index (χ0) is 23.2. The molecular weight excluding hydrogens is 392 g/mol. The molecule has 1 rings (SSSR count). The lowest BCUT2D eigenvalue weighted by Crippen LogP contribution is -2.53. The van der Waals surface area contributed by atoms with E-state index in [9.17, 15) is 9.59 Å². The van der Waals surface area contributed by atoms with Crippen LogP contribution in [0.1, 0.15) is 54.4 Å². The third kappa shape index (κ3) is 5.60. The lowest BCUT2D eigenvalue weighted by Gasteiger charge is -2.38. The van der Waals surface area contributed by atoms with Gasteiger partial charge in [-0.3, -0.25) is 9.59 Å². The largest absolute Gasteiger partial charge is 0.465 e. The smallest absolute Gasteiger partial charge is 0.324 e. The van der Waals surface area contributed by atoms with Gasteiger partial charge in [-0.2, -0.15) is 0 Å². The van der Waals surface area contributed by atoms with Crippen molar-refractivity contribution in [3.63, 3.8) is 0 Å². The van der Waals surface area contributed by atoms with Gasteiger partial charge in [-0.05, 0) is 48.0 Å². The van der Waals surface area contributed by atoms with Crippen molar-refractivity contribution in [2.24, 2.45) is 5.41 Å². The SMILES string of the molecule is C=CCC(CC1O[C@@H](C(C)(C)OC)[C@H](C(C)(C)OC)O1)(C(=O)OCC)C(=O)OCC.